The Morgan fingerprint density at radius 2 is 1.68 bits per heavy atom. The summed E-state index contributed by atoms with van der Waals surface area (Å²) in [6.45, 7) is 3.55. The van der Waals surface area contributed by atoms with E-state index >= 15 is 0 Å². The zero-order valence-electron chi connectivity index (χ0n) is 18.7. The summed E-state index contributed by atoms with van der Waals surface area (Å²) < 4.78 is 37.8. The fourth-order valence-electron chi connectivity index (χ4n) is 2.97. The van der Waals surface area contributed by atoms with Crippen LogP contribution in [0.15, 0.2) is 76.2 Å². The predicted octanol–water partition coefficient (Wildman–Crippen LogP) is 2.61. The first-order chi connectivity index (χ1) is 16.2. The molecule has 2 amide bonds. The Hall–Kier alpha value is -3.89. The summed E-state index contributed by atoms with van der Waals surface area (Å²) in [5, 5.41) is 0. The maximum atomic E-state index is 12.3. The number of furan rings is 1. The lowest BCUT2D eigenvalue weighted by Gasteiger charge is -2.11. The summed E-state index contributed by atoms with van der Waals surface area (Å²) >= 11 is 0. The Bertz CT molecular complexity index is 1250. The molecule has 3 rings (SSSR count). The Labute approximate surface area is 197 Å². The van der Waals surface area contributed by atoms with Crippen molar-refractivity contribution in [1.82, 2.24) is 15.6 Å². The summed E-state index contributed by atoms with van der Waals surface area (Å²) in [7, 11) is -3.71. The average Bonchev–Trinajstić information content (AvgIpc) is 3.34. The number of carbonyl (C=O) groups is 2. The van der Waals surface area contributed by atoms with Gasteiger partial charge in [-0.05, 0) is 60.9 Å². The number of rotatable bonds is 9. The smallest absolute Gasteiger partial charge is 0.276 e. The van der Waals surface area contributed by atoms with E-state index < -0.39 is 21.8 Å². The molecule has 10 heteroatoms. The maximum Gasteiger partial charge on any atom is 0.276 e. The van der Waals surface area contributed by atoms with Crippen molar-refractivity contribution in [1.29, 1.82) is 0 Å². The molecule has 0 atom stereocenters. The molecule has 0 saturated carbocycles. The number of hydrogen-bond acceptors (Lipinski definition) is 6. The van der Waals surface area contributed by atoms with Gasteiger partial charge < -0.3 is 9.15 Å². The lowest BCUT2D eigenvalue weighted by Crippen LogP contribution is -2.43. The third kappa shape index (κ3) is 7.06. The molecule has 178 valence electrons. The molecular formula is C24H25N3O6S. The second-order valence-electron chi connectivity index (χ2n) is 7.35. The Kier molecular flexibility index (Phi) is 8.23. The van der Waals surface area contributed by atoms with Gasteiger partial charge in [-0.1, -0.05) is 30.3 Å². The number of hydrogen-bond donors (Lipinski definition) is 3. The van der Waals surface area contributed by atoms with Crippen LogP contribution in [0.25, 0.3) is 6.08 Å². The van der Waals surface area contributed by atoms with Gasteiger partial charge in [0.2, 0.25) is 10.0 Å². The van der Waals surface area contributed by atoms with E-state index in [-0.39, 0.29) is 18.0 Å². The summed E-state index contributed by atoms with van der Waals surface area (Å²) in [4.78, 5) is 24.0. The Morgan fingerprint density at radius 3 is 2.32 bits per heavy atom. The summed E-state index contributed by atoms with van der Waals surface area (Å²) in [6, 6.07) is 15.0. The van der Waals surface area contributed by atoms with Gasteiger partial charge in [0.1, 0.15) is 11.5 Å². The van der Waals surface area contributed by atoms with Crippen LogP contribution in [0.5, 0.6) is 5.75 Å². The van der Waals surface area contributed by atoms with E-state index in [9.17, 15) is 18.0 Å². The second kappa shape index (κ2) is 11.3. The standard InChI is InChI=1S/C24H25N3O6S/c1-17-5-3-6-18(2)24(17)33-16-23(29)27-26-22(28)13-10-19-8-11-21(12-9-19)34(30,31)25-15-20-7-4-14-32-20/h3-14,25H,15-16H2,1-2H3,(H,26,28)(H,27,29)/b13-10+. The van der Waals surface area contributed by atoms with Crippen molar-refractivity contribution in [3.8, 4) is 5.75 Å². The molecule has 9 nitrogen and oxygen atoms in total. The van der Waals surface area contributed by atoms with E-state index in [1.165, 1.54) is 30.5 Å². The first kappa shape index (κ1) is 24.7. The highest BCUT2D eigenvalue weighted by Gasteiger charge is 2.14. The molecule has 3 aromatic rings. The van der Waals surface area contributed by atoms with Crippen molar-refractivity contribution < 1.29 is 27.2 Å². The Balaban J connectivity index is 1.45. The molecule has 0 aliphatic rings. The molecule has 34 heavy (non-hydrogen) atoms. The minimum absolute atomic E-state index is 0.0402. The highest BCUT2D eigenvalue weighted by atomic mass is 32.2. The van der Waals surface area contributed by atoms with E-state index in [0.717, 1.165) is 11.1 Å². The number of sulfonamides is 1. The van der Waals surface area contributed by atoms with E-state index in [1.54, 1.807) is 24.3 Å². The zero-order valence-corrected chi connectivity index (χ0v) is 19.5. The molecule has 0 aliphatic heterocycles. The van der Waals surface area contributed by atoms with Gasteiger partial charge in [-0.3, -0.25) is 20.4 Å². The van der Waals surface area contributed by atoms with Crippen molar-refractivity contribution in [2.75, 3.05) is 6.61 Å². The highest BCUT2D eigenvalue weighted by molar-refractivity contribution is 7.89. The zero-order chi connectivity index (χ0) is 24.6. The fourth-order valence-corrected chi connectivity index (χ4v) is 3.96. The number of amides is 2. The monoisotopic (exact) mass is 483 g/mol. The van der Waals surface area contributed by atoms with Crippen LogP contribution in [-0.4, -0.2) is 26.8 Å². The van der Waals surface area contributed by atoms with Gasteiger partial charge in [-0.2, -0.15) is 0 Å². The van der Waals surface area contributed by atoms with Crippen LogP contribution in [0.4, 0.5) is 0 Å². The minimum atomic E-state index is -3.71. The molecule has 0 saturated heterocycles. The van der Waals surface area contributed by atoms with Crippen molar-refractivity contribution >= 4 is 27.9 Å². The molecule has 0 bridgehead atoms. The first-order valence-electron chi connectivity index (χ1n) is 10.3. The molecule has 0 spiro atoms. The number of benzene rings is 2. The molecule has 0 unspecified atom stereocenters. The second-order valence-corrected chi connectivity index (χ2v) is 9.12. The normalized spacial score (nSPS) is 11.4. The van der Waals surface area contributed by atoms with Gasteiger partial charge >= 0.3 is 0 Å². The van der Waals surface area contributed by atoms with Crippen molar-refractivity contribution in [3.63, 3.8) is 0 Å². The molecule has 1 heterocycles. The molecular weight excluding hydrogens is 458 g/mol. The van der Waals surface area contributed by atoms with Crippen LogP contribution >= 0.6 is 0 Å². The van der Waals surface area contributed by atoms with Crippen LogP contribution < -0.4 is 20.3 Å². The van der Waals surface area contributed by atoms with Crippen LogP contribution in [0.3, 0.4) is 0 Å². The van der Waals surface area contributed by atoms with Gasteiger partial charge in [0.15, 0.2) is 6.61 Å². The predicted molar refractivity (Wildman–Crippen MR) is 126 cm³/mol. The van der Waals surface area contributed by atoms with Crippen LogP contribution in [0, 0.1) is 13.8 Å². The summed E-state index contributed by atoms with van der Waals surface area (Å²) in [5.74, 6) is 0.0573. The van der Waals surface area contributed by atoms with Gasteiger partial charge in [0, 0.05) is 6.08 Å². The van der Waals surface area contributed by atoms with Crippen molar-refractivity contribution in [2.45, 2.75) is 25.3 Å². The summed E-state index contributed by atoms with van der Waals surface area (Å²) in [6.07, 6.45) is 4.17. The number of para-hydroxylation sites is 1. The topological polar surface area (TPSA) is 127 Å². The fraction of sp³-hybridized carbons (Fsp3) is 0.167. The van der Waals surface area contributed by atoms with Crippen LogP contribution in [-0.2, 0) is 26.2 Å². The molecule has 0 fully saturated rings. The van der Waals surface area contributed by atoms with Crippen molar-refractivity contribution in [3.05, 3.63) is 89.4 Å². The van der Waals surface area contributed by atoms with E-state index in [2.05, 4.69) is 15.6 Å². The molecule has 3 N–H and O–H groups in total. The summed E-state index contributed by atoms with van der Waals surface area (Å²) in [5.41, 5.74) is 6.96. The quantitative estimate of drug-likeness (QED) is 0.317. The molecule has 0 radical (unpaired) electrons. The number of carbonyl (C=O) groups excluding carboxylic acids is 2. The Morgan fingerprint density at radius 1 is 0.971 bits per heavy atom. The first-order valence-corrected chi connectivity index (χ1v) is 11.8. The lowest BCUT2D eigenvalue weighted by molar-refractivity contribution is -0.128. The maximum absolute atomic E-state index is 12.3. The van der Waals surface area contributed by atoms with Gasteiger partial charge in [-0.25, -0.2) is 13.1 Å². The van der Waals surface area contributed by atoms with E-state index in [1.807, 2.05) is 32.0 Å². The number of ether oxygens (including phenoxy) is 1. The molecule has 2 aromatic carbocycles. The van der Waals surface area contributed by atoms with Gasteiger partial charge in [0.05, 0.1) is 17.7 Å². The average molecular weight is 484 g/mol. The third-order valence-corrected chi connectivity index (χ3v) is 6.13. The van der Waals surface area contributed by atoms with E-state index in [0.29, 0.717) is 17.1 Å². The number of nitrogens with one attached hydrogen (secondary N) is 3. The largest absolute Gasteiger partial charge is 0.483 e. The highest BCUT2D eigenvalue weighted by Crippen LogP contribution is 2.22. The van der Waals surface area contributed by atoms with Crippen molar-refractivity contribution in [2.24, 2.45) is 0 Å². The third-order valence-electron chi connectivity index (χ3n) is 4.72. The van der Waals surface area contributed by atoms with Crippen LogP contribution in [0.2, 0.25) is 0 Å². The SMILES string of the molecule is Cc1cccc(C)c1OCC(=O)NNC(=O)/C=C/c1ccc(S(=O)(=O)NCc2ccco2)cc1. The van der Waals surface area contributed by atoms with E-state index in [4.69, 9.17) is 9.15 Å². The minimum Gasteiger partial charge on any atom is -0.483 e. The number of aryl methyl sites for hydroxylation is 2. The van der Waals surface area contributed by atoms with Gasteiger partial charge in [0.25, 0.3) is 11.8 Å². The van der Waals surface area contributed by atoms with Gasteiger partial charge in [-0.15, -0.1) is 0 Å². The van der Waals surface area contributed by atoms with Crippen LogP contribution in [0.1, 0.15) is 22.5 Å². The molecule has 0 aliphatic carbocycles. The lowest BCUT2D eigenvalue weighted by atomic mass is 10.1. The molecule has 1 aromatic heterocycles. The number of hydrazine groups is 1.